The molecule has 0 saturated carbocycles. The summed E-state index contributed by atoms with van der Waals surface area (Å²) in [5.41, 5.74) is 3.27. The minimum absolute atomic E-state index is 0. The Bertz CT molecular complexity index is 301. The van der Waals surface area contributed by atoms with E-state index in [0.717, 1.165) is 12.1 Å². The van der Waals surface area contributed by atoms with Crippen molar-refractivity contribution in [1.29, 1.82) is 0 Å². The minimum Gasteiger partial charge on any atom is -0.427 e. The van der Waals surface area contributed by atoms with Gasteiger partial charge in [0.1, 0.15) is 5.75 Å². The lowest BCUT2D eigenvalue weighted by Crippen LogP contribution is -2.08. The van der Waals surface area contributed by atoms with Crippen molar-refractivity contribution in [2.45, 2.75) is 19.8 Å². The van der Waals surface area contributed by atoms with E-state index in [0.29, 0.717) is 12.2 Å². The number of esters is 1. The highest BCUT2D eigenvalue weighted by Gasteiger charge is 2.02. The largest absolute Gasteiger partial charge is 0.427 e. The van der Waals surface area contributed by atoms with Gasteiger partial charge >= 0.3 is 5.97 Å². The van der Waals surface area contributed by atoms with Gasteiger partial charge in [0.2, 0.25) is 0 Å². The number of hydrazine groups is 1. The van der Waals surface area contributed by atoms with Crippen LogP contribution in [0.15, 0.2) is 24.3 Å². The van der Waals surface area contributed by atoms with Crippen LogP contribution in [0.25, 0.3) is 0 Å². The summed E-state index contributed by atoms with van der Waals surface area (Å²) in [4.78, 5) is 11.1. The molecule has 5 heteroatoms. The van der Waals surface area contributed by atoms with Crippen LogP contribution in [0.2, 0.25) is 0 Å². The van der Waals surface area contributed by atoms with Crippen LogP contribution in [-0.2, 0) is 4.79 Å². The van der Waals surface area contributed by atoms with E-state index in [1.807, 2.05) is 6.92 Å². The predicted molar refractivity (Wildman–Crippen MR) is 62.0 cm³/mol. The summed E-state index contributed by atoms with van der Waals surface area (Å²) in [5.74, 6) is 5.53. The molecule has 0 amide bonds. The number of nitrogens with two attached hydrogens (primary N) is 1. The minimum atomic E-state index is -0.207. The fraction of sp³-hybridized carbons (Fsp3) is 0.300. The van der Waals surface area contributed by atoms with E-state index in [9.17, 15) is 4.79 Å². The molecule has 1 rings (SSSR count). The highest BCUT2D eigenvalue weighted by molar-refractivity contribution is 5.85. The average Bonchev–Trinajstić information content (AvgIpc) is 2.19. The maximum absolute atomic E-state index is 11.1. The van der Waals surface area contributed by atoms with E-state index in [-0.39, 0.29) is 18.4 Å². The number of halogens is 1. The summed E-state index contributed by atoms with van der Waals surface area (Å²) < 4.78 is 5.05. The molecule has 0 aliphatic carbocycles. The summed E-state index contributed by atoms with van der Waals surface area (Å²) in [7, 11) is 0. The Kier molecular flexibility index (Phi) is 6.49. The number of hydrogen-bond donors (Lipinski definition) is 2. The molecule has 1 aromatic rings. The van der Waals surface area contributed by atoms with Crippen LogP contribution < -0.4 is 16.0 Å². The molecule has 0 heterocycles. The molecular weight excluding hydrogens is 216 g/mol. The van der Waals surface area contributed by atoms with Crippen molar-refractivity contribution >= 4 is 24.1 Å². The summed E-state index contributed by atoms with van der Waals surface area (Å²) in [6, 6.07) is 6.88. The molecule has 0 aliphatic heterocycles. The molecular formula is C10H15ClN2O2. The van der Waals surface area contributed by atoms with E-state index < -0.39 is 0 Å². The Morgan fingerprint density at radius 2 is 2.00 bits per heavy atom. The number of carbonyl (C=O) groups excluding carboxylic acids is 1. The second-order valence-electron chi connectivity index (χ2n) is 2.89. The summed E-state index contributed by atoms with van der Waals surface area (Å²) in [5, 5.41) is 0. The van der Waals surface area contributed by atoms with Crippen molar-refractivity contribution in [2.24, 2.45) is 5.84 Å². The molecule has 3 N–H and O–H groups in total. The number of hydrogen-bond acceptors (Lipinski definition) is 4. The first kappa shape index (κ1) is 13.7. The number of ether oxygens (including phenoxy) is 1. The van der Waals surface area contributed by atoms with Gasteiger partial charge in [-0.1, -0.05) is 6.92 Å². The molecule has 0 atom stereocenters. The van der Waals surface area contributed by atoms with Crippen molar-refractivity contribution in [3.63, 3.8) is 0 Å². The van der Waals surface area contributed by atoms with E-state index in [1.54, 1.807) is 24.3 Å². The Morgan fingerprint density at radius 1 is 1.40 bits per heavy atom. The quantitative estimate of drug-likeness (QED) is 0.360. The number of benzene rings is 1. The Labute approximate surface area is 95.2 Å². The second kappa shape index (κ2) is 7.09. The molecule has 4 nitrogen and oxygen atoms in total. The zero-order valence-electron chi connectivity index (χ0n) is 8.53. The first-order valence-corrected chi connectivity index (χ1v) is 4.53. The number of nitrogen functional groups attached to an aromatic ring is 1. The topological polar surface area (TPSA) is 64.3 Å². The molecule has 84 valence electrons. The lowest BCUT2D eigenvalue weighted by atomic mass is 10.3. The molecule has 0 bridgehead atoms. The monoisotopic (exact) mass is 230 g/mol. The molecule has 0 unspecified atom stereocenters. The van der Waals surface area contributed by atoms with Crippen molar-refractivity contribution in [3.05, 3.63) is 24.3 Å². The Balaban J connectivity index is 0.00000196. The van der Waals surface area contributed by atoms with Crippen molar-refractivity contribution in [1.82, 2.24) is 0 Å². The number of anilines is 1. The third-order valence-corrected chi connectivity index (χ3v) is 1.71. The standard InChI is InChI=1S/C10H14N2O2.ClH/c1-2-3-10(13)14-9-6-4-8(12-11)5-7-9;/h4-7,12H,2-3,11H2,1H3;1H. The van der Waals surface area contributed by atoms with E-state index >= 15 is 0 Å². The van der Waals surface area contributed by atoms with Gasteiger partial charge in [-0.2, -0.15) is 0 Å². The third kappa shape index (κ3) is 4.67. The zero-order valence-corrected chi connectivity index (χ0v) is 9.34. The van der Waals surface area contributed by atoms with Gasteiger partial charge in [0.25, 0.3) is 0 Å². The van der Waals surface area contributed by atoms with Gasteiger partial charge in [-0.15, -0.1) is 12.4 Å². The average molecular weight is 231 g/mol. The molecule has 1 aromatic carbocycles. The van der Waals surface area contributed by atoms with Crippen LogP contribution in [0, 0.1) is 0 Å². The molecule has 0 radical (unpaired) electrons. The highest BCUT2D eigenvalue weighted by Crippen LogP contribution is 2.15. The van der Waals surface area contributed by atoms with Gasteiger partial charge < -0.3 is 10.2 Å². The molecule has 0 saturated heterocycles. The van der Waals surface area contributed by atoms with Gasteiger partial charge in [0.15, 0.2) is 0 Å². The van der Waals surface area contributed by atoms with Gasteiger partial charge in [-0.3, -0.25) is 10.6 Å². The maximum atomic E-state index is 11.1. The van der Waals surface area contributed by atoms with Crippen LogP contribution in [0.3, 0.4) is 0 Å². The zero-order chi connectivity index (χ0) is 10.4. The smallest absolute Gasteiger partial charge is 0.311 e. The first-order chi connectivity index (χ1) is 6.76. The molecule has 15 heavy (non-hydrogen) atoms. The van der Waals surface area contributed by atoms with Gasteiger partial charge in [-0.25, -0.2) is 0 Å². The van der Waals surface area contributed by atoms with Crippen molar-refractivity contribution in [3.8, 4) is 5.75 Å². The highest BCUT2D eigenvalue weighted by atomic mass is 35.5. The van der Waals surface area contributed by atoms with Crippen LogP contribution in [0.5, 0.6) is 5.75 Å². The predicted octanol–water partition coefficient (Wildman–Crippen LogP) is 2.10. The van der Waals surface area contributed by atoms with E-state index in [2.05, 4.69) is 5.43 Å². The third-order valence-electron chi connectivity index (χ3n) is 1.71. The van der Waals surface area contributed by atoms with Crippen LogP contribution >= 0.6 is 12.4 Å². The summed E-state index contributed by atoms with van der Waals surface area (Å²) in [6.07, 6.45) is 1.23. The molecule has 0 aromatic heterocycles. The fourth-order valence-corrected chi connectivity index (χ4v) is 1.01. The maximum Gasteiger partial charge on any atom is 0.311 e. The van der Waals surface area contributed by atoms with Gasteiger partial charge in [0, 0.05) is 12.1 Å². The lowest BCUT2D eigenvalue weighted by Gasteiger charge is -2.04. The fourth-order valence-electron chi connectivity index (χ4n) is 1.01. The first-order valence-electron chi connectivity index (χ1n) is 4.53. The second-order valence-corrected chi connectivity index (χ2v) is 2.89. The Morgan fingerprint density at radius 3 is 2.47 bits per heavy atom. The molecule has 0 spiro atoms. The number of rotatable bonds is 4. The van der Waals surface area contributed by atoms with Crippen LogP contribution in [0.4, 0.5) is 5.69 Å². The summed E-state index contributed by atoms with van der Waals surface area (Å²) in [6.45, 7) is 1.93. The van der Waals surface area contributed by atoms with Crippen LogP contribution in [-0.4, -0.2) is 5.97 Å². The van der Waals surface area contributed by atoms with E-state index in [4.69, 9.17) is 10.6 Å². The lowest BCUT2D eigenvalue weighted by molar-refractivity contribution is -0.134. The summed E-state index contributed by atoms with van der Waals surface area (Å²) >= 11 is 0. The SMILES string of the molecule is CCCC(=O)Oc1ccc(NN)cc1.Cl. The molecule has 0 aliphatic rings. The molecule has 0 fully saturated rings. The Hall–Kier alpha value is -1.26. The van der Waals surface area contributed by atoms with E-state index in [1.165, 1.54) is 0 Å². The number of carbonyl (C=O) groups is 1. The normalized spacial score (nSPS) is 8.93. The van der Waals surface area contributed by atoms with Gasteiger partial charge in [0.05, 0.1) is 0 Å². The van der Waals surface area contributed by atoms with Crippen molar-refractivity contribution < 1.29 is 9.53 Å². The number of nitrogens with one attached hydrogen (secondary N) is 1. The van der Waals surface area contributed by atoms with Crippen molar-refractivity contribution in [2.75, 3.05) is 5.43 Å². The van der Waals surface area contributed by atoms with Crippen LogP contribution in [0.1, 0.15) is 19.8 Å². The van der Waals surface area contributed by atoms with Gasteiger partial charge in [-0.05, 0) is 30.7 Å².